The molecule has 21 heavy (non-hydrogen) atoms. The molecule has 0 aliphatic carbocycles. The Morgan fingerprint density at radius 2 is 1.52 bits per heavy atom. The third-order valence-electron chi connectivity index (χ3n) is 3.18. The Morgan fingerprint density at radius 3 is 1.90 bits per heavy atom. The molecule has 1 radical (unpaired) electrons. The summed E-state index contributed by atoms with van der Waals surface area (Å²) >= 11 is 2.78. The van der Waals surface area contributed by atoms with Crippen LogP contribution in [0.15, 0.2) is 16.6 Å². The van der Waals surface area contributed by atoms with Gasteiger partial charge in [0.2, 0.25) is 0 Å². The van der Waals surface area contributed by atoms with Crippen molar-refractivity contribution in [1.29, 1.82) is 0 Å². The van der Waals surface area contributed by atoms with Gasteiger partial charge in [-0.1, -0.05) is 35.8 Å². The second-order valence-corrected chi connectivity index (χ2v) is 5.49. The van der Waals surface area contributed by atoms with Crippen LogP contribution >= 0.6 is 15.9 Å². The Kier molecular flexibility index (Phi) is 5.02. The Morgan fingerprint density at radius 1 is 1.05 bits per heavy atom. The fourth-order valence-electron chi connectivity index (χ4n) is 1.73. The van der Waals surface area contributed by atoms with Crippen molar-refractivity contribution in [3.05, 3.63) is 33.8 Å². The number of benzene rings is 1. The topological polar surface area (TPSA) is 0 Å². The summed E-state index contributed by atoms with van der Waals surface area (Å²) in [7, 11) is 0. The molecule has 119 valence electrons. The van der Waals surface area contributed by atoms with E-state index >= 15 is 0 Å². The second kappa shape index (κ2) is 5.78. The van der Waals surface area contributed by atoms with Crippen molar-refractivity contribution >= 4 is 15.9 Å². The molecule has 1 unspecified atom stereocenters. The molecule has 0 bridgehead atoms. The molecule has 0 nitrogen and oxygen atoms in total. The van der Waals surface area contributed by atoms with Crippen molar-refractivity contribution < 1.29 is 30.7 Å². The van der Waals surface area contributed by atoms with Gasteiger partial charge in [-0.3, -0.25) is 0 Å². The zero-order chi connectivity index (χ0) is 16.6. The van der Waals surface area contributed by atoms with Crippen molar-refractivity contribution in [2.75, 3.05) is 0 Å². The quantitative estimate of drug-likeness (QED) is 0.560. The molecule has 0 aromatic heterocycles. The van der Waals surface area contributed by atoms with Crippen LogP contribution in [0.2, 0.25) is 0 Å². The molecule has 0 N–H and O–H groups in total. The summed E-state index contributed by atoms with van der Waals surface area (Å²) in [5.41, 5.74) is -6.83. The lowest BCUT2D eigenvalue weighted by molar-refractivity contribution is -0.348. The van der Waals surface area contributed by atoms with E-state index in [0.29, 0.717) is 18.6 Å². The molecule has 1 aromatic carbocycles. The van der Waals surface area contributed by atoms with E-state index in [0.717, 1.165) is 0 Å². The third-order valence-corrected chi connectivity index (χ3v) is 3.61. The SMILES string of the molecule is CCC(C)c1[c]c(Br)cc(C(F)(C(F)(F)F)C(F)(F)F)c1. The standard InChI is InChI=1S/C13H11BrF7/c1-3-7(2)8-4-9(6-10(14)5-8)11(15,12(16,17)18)13(19,20)21/h4,6-7H,3H2,1-2H3. The molecule has 1 aromatic rings. The molecule has 0 aliphatic heterocycles. The fraction of sp³-hybridized carbons (Fsp3) is 0.538. The van der Waals surface area contributed by atoms with E-state index in [2.05, 4.69) is 22.0 Å². The highest BCUT2D eigenvalue weighted by molar-refractivity contribution is 9.10. The fourth-order valence-corrected chi connectivity index (χ4v) is 2.20. The van der Waals surface area contributed by atoms with E-state index in [-0.39, 0.29) is 16.0 Å². The van der Waals surface area contributed by atoms with E-state index in [4.69, 9.17) is 0 Å². The van der Waals surface area contributed by atoms with Crippen LogP contribution in [0.5, 0.6) is 0 Å². The van der Waals surface area contributed by atoms with Crippen LogP contribution in [0.1, 0.15) is 37.3 Å². The van der Waals surface area contributed by atoms with E-state index in [1.807, 2.05) is 0 Å². The molecule has 1 rings (SSSR count). The Bertz CT molecular complexity index is 490. The lowest BCUT2D eigenvalue weighted by atomic mass is 9.89. The van der Waals surface area contributed by atoms with Gasteiger partial charge in [0.05, 0.1) is 0 Å². The smallest absolute Gasteiger partial charge is 0.218 e. The summed E-state index contributed by atoms with van der Waals surface area (Å²) in [6.07, 6.45) is -11.8. The van der Waals surface area contributed by atoms with Crippen LogP contribution in [0.25, 0.3) is 0 Å². The van der Waals surface area contributed by atoms with Crippen molar-refractivity contribution in [2.45, 2.75) is 44.2 Å². The molecular formula is C13H11BrF7. The van der Waals surface area contributed by atoms with Gasteiger partial charge in [0, 0.05) is 16.1 Å². The van der Waals surface area contributed by atoms with Crippen LogP contribution < -0.4 is 0 Å². The summed E-state index contributed by atoms with van der Waals surface area (Å²) < 4.78 is 90.1. The largest absolute Gasteiger partial charge is 0.435 e. The minimum absolute atomic E-state index is 0.0809. The molecule has 0 amide bonds. The number of rotatable bonds is 3. The zero-order valence-corrected chi connectivity index (χ0v) is 12.5. The predicted octanol–water partition coefficient (Wildman–Crippen LogP) is 6.05. The lowest BCUT2D eigenvalue weighted by Gasteiger charge is -2.31. The molecular weight excluding hydrogens is 369 g/mol. The molecule has 8 heteroatoms. The van der Waals surface area contributed by atoms with Crippen LogP contribution in [-0.2, 0) is 5.67 Å². The molecule has 0 fully saturated rings. The highest BCUT2D eigenvalue weighted by atomic mass is 79.9. The van der Waals surface area contributed by atoms with Crippen molar-refractivity contribution in [2.24, 2.45) is 0 Å². The highest BCUT2D eigenvalue weighted by Crippen LogP contribution is 2.53. The molecule has 0 heterocycles. The van der Waals surface area contributed by atoms with Crippen LogP contribution in [0.3, 0.4) is 0 Å². The van der Waals surface area contributed by atoms with Gasteiger partial charge in [0.1, 0.15) is 0 Å². The number of hydrogen-bond donors (Lipinski definition) is 0. The molecule has 1 atom stereocenters. The number of alkyl halides is 7. The van der Waals surface area contributed by atoms with Crippen molar-refractivity contribution in [1.82, 2.24) is 0 Å². The summed E-state index contributed by atoms with van der Waals surface area (Å²) in [6, 6.07) is 3.61. The normalized spacial score (nSPS) is 15.1. The van der Waals surface area contributed by atoms with Crippen LogP contribution in [0, 0.1) is 6.07 Å². The van der Waals surface area contributed by atoms with Gasteiger partial charge in [-0.2, -0.15) is 26.3 Å². The van der Waals surface area contributed by atoms with E-state index < -0.39 is 23.6 Å². The van der Waals surface area contributed by atoms with Gasteiger partial charge in [-0.05, 0) is 24.0 Å². The van der Waals surface area contributed by atoms with Crippen molar-refractivity contribution in [3.63, 3.8) is 0 Å². The van der Waals surface area contributed by atoms with Gasteiger partial charge in [0.25, 0.3) is 0 Å². The first kappa shape index (κ1) is 18.3. The summed E-state index contributed by atoms with van der Waals surface area (Å²) in [6.45, 7) is 3.30. The van der Waals surface area contributed by atoms with Crippen LogP contribution in [-0.4, -0.2) is 12.4 Å². The lowest BCUT2D eigenvalue weighted by Crippen LogP contribution is -2.50. The highest BCUT2D eigenvalue weighted by Gasteiger charge is 2.73. The van der Waals surface area contributed by atoms with E-state index in [1.165, 1.54) is 0 Å². The van der Waals surface area contributed by atoms with Crippen molar-refractivity contribution in [3.8, 4) is 0 Å². The maximum absolute atomic E-state index is 14.0. The Hall–Kier alpha value is -0.790. The van der Waals surface area contributed by atoms with Gasteiger partial charge >= 0.3 is 18.0 Å². The predicted molar refractivity (Wildman–Crippen MR) is 66.6 cm³/mol. The minimum atomic E-state index is -6.11. The molecule has 0 spiro atoms. The molecule has 0 aliphatic rings. The minimum Gasteiger partial charge on any atom is -0.218 e. The zero-order valence-electron chi connectivity index (χ0n) is 11.0. The summed E-state index contributed by atoms with van der Waals surface area (Å²) in [4.78, 5) is 0. The average molecular weight is 380 g/mol. The van der Waals surface area contributed by atoms with Crippen LogP contribution in [0.4, 0.5) is 30.7 Å². The van der Waals surface area contributed by atoms with Gasteiger partial charge in [-0.25, -0.2) is 4.39 Å². The summed E-state index contributed by atoms with van der Waals surface area (Å²) in [5.74, 6) is -0.355. The molecule has 0 saturated heterocycles. The van der Waals surface area contributed by atoms with Gasteiger partial charge < -0.3 is 0 Å². The Balaban J connectivity index is 3.58. The second-order valence-electron chi connectivity index (χ2n) is 4.64. The maximum Gasteiger partial charge on any atom is 0.435 e. The number of halogens is 8. The van der Waals surface area contributed by atoms with E-state index in [1.54, 1.807) is 13.8 Å². The van der Waals surface area contributed by atoms with Gasteiger partial charge in [-0.15, -0.1) is 0 Å². The first-order valence-corrected chi connectivity index (χ1v) is 6.69. The third kappa shape index (κ3) is 3.35. The maximum atomic E-state index is 14.0. The summed E-state index contributed by atoms with van der Waals surface area (Å²) in [5, 5.41) is 0. The average Bonchev–Trinajstić information content (AvgIpc) is 2.33. The Labute approximate surface area is 125 Å². The van der Waals surface area contributed by atoms with Gasteiger partial charge in [0.15, 0.2) is 0 Å². The molecule has 0 saturated carbocycles. The first-order valence-electron chi connectivity index (χ1n) is 5.90. The van der Waals surface area contributed by atoms with E-state index in [9.17, 15) is 30.7 Å². The monoisotopic (exact) mass is 379 g/mol. The number of hydrogen-bond acceptors (Lipinski definition) is 0. The first-order chi connectivity index (χ1) is 9.34.